The number of benzene rings is 1. The zero-order valence-corrected chi connectivity index (χ0v) is 12.7. The quantitative estimate of drug-likeness (QED) is 0.942. The van der Waals surface area contributed by atoms with Crippen LogP contribution in [0.5, 0.6) is 0 Å². The lowest BCUT2D eigenvalue weighted by Gasteiger charge is -2.32. The Kier molecular flexibility index (Phi) is 3.86. The first-order valence-corrected chi connectivity index (χ1v) is 8.19. The lowest BCUT2D eigenvalue weighted by molar-refractivity contribution is 0.510. The van der Waals surface area contributed by atoms with Gasteiger partial charge in [-0.3, -0.25) is 0 Å². The summed E-state index contributed by atoms with van der Waals surface area (Å²) >= 11 is 3.55. The van der Waals surface area contributed by atoms with E-state index in [4.69, 9.17) is 0 Å². The van der Waals surface area contributed by atoms with E-state index in [0.717, 1.165) is 15.8 Å². The minimum Gasteiger partial charge on any atom is -0.312 e. The van der Waals surface area contributed by atoms with E-state index in [2.05, 4.69) is 39.8 Å². The van der Waals surface area contributed by atoms with Gasteiger partial charge in [-0.2, -0.15) is 0 Å². The highest BCUT2D eigenvalue weighted by molar-refractivity contribution is 8.01. The fraction of sp³-hybridized carbons (Fsp3) is 0.429. The van der Waals surface area contributed by atoms with E-state index >= 15 is 0 Å². The molecule has 0 bridgehead atoms. The van der Waals surface area contributed by atoms with E-state index in [-0.39, 0.29) is 0 Å². The van der Waals surface area contributed by atoms with Crippen LogP contribution in [0.3, 0.4) is 0 Å². The molecule has 5 heteroatoms. The highest BCUT2D eigenvalue weighted by Crippen LogP contribution is 2.40. The van der Waals surface area contributed by atoms with E-state index in [1.54, 1.807) is 11.3 Å². The average molecular weight is 291 g/mol. The maximum Gasteiger partial charge on any atom is 0.174 e. The molecule has 0 fully saturated rings. The molecule has 1 N–H and O–H groups in total. The Bertz CT molecular complexity index is 567. The van der Waals surface area contributed by atoms with Crippen molar-refractivity contribution in [3.8, 4) is 0 Å². The number of aryl methyl sites for hydroxylation is 2. The zero-order chi connectivity index (χ0) is 13.2. The topological polar surface area (TPSA) is 37.8 Å². The first kappa shape index (κ1) is 13.1. The molecule has 1 aliphatic carbocycles. The van der Waals surface area contributed by atoms with E-state index in [0.29, 0.717) is 11.3 Å². The van der Waals surface area contributed by atoms with Crippen molar-refractivity contribution in [2.24, 2.45) is 0 Å². The number of hydrogen-bond donors (Lipinski definition) is 1. The molecule has 19 heavy (non-hydrogen) atoms. The smallest absolute Gasteiger partial charge is 0.174 e. The second-order valence-corrected chi connectivity index (χ2v) is 7.42. The van der Waals surface area contributed by atoms with Gasteiger partial charge in [0.2, 0.25) is 0 Å². The second-order valence-electron chi connectivity index (χ2n) is 4.75. The first-order valence-electron chi connectivity index (χ1n) is 6.50. The van der Waals surface area contributed by atoms with Crippen molar-refractivity contribution < 1.29 is 0 Å². The van der Waals surface area contributed by atoms with E-state index in [1.807, 2.05) is 25.7 Å². The maximum absolute atomic E-state index is 4.24. The van der Waals surface area contributed by atoms with Gasteiger partial charge in [-0.25, -0.2) is 0 Å². The molecule has 0 aliphatic heterocycles. The van der Waals surface area contributed by atoms with Crippen LogP contribution in [0.4, 0.5) is 0 Å². The number of rotatable bonds is 3. The van der Waals surface area contributed by atoms with E-state index in [9.17, 15) is 0 Å². The van der Waals surface area contributed by atoms with Crippen LogP contribution < -0.4 is 5.32 Å². The summed E-state index contributed by atoms with van der Waals surface area (Å²) in [5.41, 5.74) is 2.92. The van der Waals surface area contributed by atoms with Gasteiger partial charge in [0.1, 0.15) is 5.01 Å². The molecule has 3 rings (SSSR count). The minimum atomic E-state index is 0.402. The molecule has 1 aromatic heterocycles. The Balaban J connectivity index is 1.84. The van der Waals surface area contributed by atoms with Crippen molar-refractivity contribution in [1.29, 1.82) is 0 Å². The fourth-order valence-electron chi connectivity index (χ4n) is 2.65. The minimum absolute atomic E-state index is 0.402. The summed E-state index contributed by atoms with van der Waals surface area (Å²) in [6.07, 6.45) is 2.34. The lowest BCUT2D eigenvalue weighted by Crippen LogP contribution is -2.32. The third kappa shape index (κ3) is 2.68. The predicted octanol–water partition coefficient (Wildman–Crippen LogP) is 3.21. The number of fused-ring (bicyclic) bond motifs is 1. The number of aromatic nitrogens is 2. The molecule has 1 heterocycles. The molecule has 0 radical (unpaired) electrons. The van der Waals surface area contributed by atoms with Gasteiger partial charge in [0.05, 0.1) is 0 Å². The van der Waals surface area contributed by atoms with Gasteiger partial charge >= 0.3 is 0 Å². The number of nitrogens with one attached hydrogen (secondary N) is 1. The van der Waals surface area contributed by atoms with Gasteiger partial charge in [-0.05, 0) is 37.9 Å². The van der Waals surface area contributed by atoms with Crippen molar-refractivity contribution in [1.82, 2.24) is 15.5 Å². The van der Waals surface area contributed by atoms with Crippen LogP contribution in [0.15, 0.2) is 28.6 Å². The standard InChI is InChI=1S/C14H17N3S2/c1-9-16-17-14(18-9)19-12-8-7-10-5-3-4-6-11(10)13(12)15-2/h3-6,12-13,15H,7-8H2,1-2H3. The SMILES string of the molecule is CNC1c2ccccc2CCC1Sc1nnc(C)s1. The van der Waals surface area contributed by atoms with Crippen LogP contribution in [0.1, 0.15) is 28.6 Å². The molecule has 0 saturated heterocycles. The summed E-state index contributed by atoms with van der Waals surface area (Å²) in [5.74, 6) is 0. The maximum atomic E-state index is 4.24. The molecule has 2 unspecified atom stereocenters. The molecule has 2 atom stereocenters. The molecule has 2 aromatic rings. The van der Waals surface area contributed by atoms with Gasteiger partial charge in [0.15, 0.2) is 4.34 Å². The van der Waals surface area contributed by atoms with Gasteiger partial charge < -0.3 is 5.32 Å². The van der Waals surface area contributed by atoms with Gasteiger partial charge in [-0.15, -0.1) is 10.2 Å². The fourth-order valence-corrected chi connectivity index (χ4v) is 5.00. The van der Waals surface area contributed by atoms with Crippen LogP contribution in [0, 0.1) is 6.92 Å². The lowest BCUT2D eigenvalue weighted by atomic mass is 9.87. The van der Waals surface area contributed by atoms with Crippen molar-refractivity contribution in [3.63, 3.8) is 0 Å². The normalized spacial score (nSPS) is 22.2. The highest BCUT2D eigenvalue weighted by atomic mass is 32.2. The molecule has 0 saturated carbocycles. The summed E-state index contributed by atoms with van der Waals surface area (Å²) in [4.78, 5) is 0. The van der Waals surface area contributed by atoms with Crippen molar-refractivity contribution >= 4 is 23.1 Å². The molecule has 100 valence electrons. The van der Waals surface area contributed by atoms with Gasteiger partial charge in [0, 0.05) is 11.3 Å². The third-order valence-electron chi connectivity index (χ3n) is 3.53. The molecule has 1 aromatic carbocycles. The Morgan fingerprint density at radius 3 is 2.89 bits per heavy atom. The summed E-state index contributed by atoms with van der Waals surface area (Å²) < 4.78 is 1.09. The van der Waals surface area contributed by atoms with Crippen LogP contribution in [0.25, 0.3) is 0 Å². The first-order chi connectivity index (χ1) is 9.28. The van der Waals surface area contributed by atoms with Crippen molar-refractivity contribution in [2.45, 2.75) is 35.4 Å². The Morgan fingerprint density at radius 1 is 1.32 bits per heavy atom. The highest BCUT2D eigenvalue weighted by Gasteiger charge is 2.29. The summed E-state index contributed by atoms with van der Waals surface area (Å²) in [6, 6.07) is 9.15. The van der Waals surface area contributed by atoms with Crippen LogP contribution in [0.2, 0.25) is 0 Å². The van der Waals surface area contributed by atoms with Crippen molar-refractivity contribution in [2.75, 3.05) is 7.05 Å². The summed E-state index contributed by atoms with van der Waals surface area (Å²) in [5, 5.41) is 13.4. The average Bonchev–Trinajstić information content (AvgIpc) is 2.84. The summed E-state index contributed by atoms with van der Waals surface area (Å²) in [6.45, 7) is 2.01. The van der Waals surface area contributed by atoms with Gasteiger partial charge in [-0.1, -0.05) is 47.4 Å². The van der Waals surface area contributed by atoms with Crippen LogP contribution in [-0.2, 0) is 6.42 Å². The largest absolute Gasteiger partial charge is 0.312 e. The Hall–Kier alpha value is -0.910. The molecular formula is C14H17N3S2. The van der Waals surface area contributed by atoms with E-state index < -0.39 is 0 Å². The monoisotopic (exact) mass is 291 g/mol. The number of nitrogens with zero attached hydrogens (tertiary/aromatic N) is 2. The Labute approximate surface area is 121 Å². The molecule has 1 aliphatic rings. The third-order valence-corrected chi connectivity index (χ3v) is 5.80. The molecule has 0 amide bonds. The number of hydrogen-bond acceptors (Lipinski definition) is 5. The molecule has 3 nitrogen and oxygen atoms in total. The number of thioether (sulfide) groups is 1. The molecule has 0 spiro atoms. The van der Waals surface area contributed by atoms with E-state index in [1.165, 1.54) is 17.5 Å². The Morgan fingerprint density at radius 2 is 2.16 bits per heavy atom. The van der Waals surface area contributed by atoms with Crippen LogP contribution >= 0.6 is 23.1 Å². The van der Waals surface area contributed by atoms with Crippen LogP contribution in [-0.4, -0.2) is 22.5 Å². The predicted molar refractivity (Wildman–Crippen MR) is 80.9 cm³/mol. The molecular weight excluding hydrogens is 274 g/mol. The summed E-state index contributed by atoms with van der Waals surface area (Å²) in [7, 11) is 2.05. The van der Waals surface area contributed by atoms with Gasteiger partial charge in [0.25, 0.3) is 0 Å². The zero-order valence-electron chi connectivity index (χ0n) is 11.1. The van der Waals surface area contributed by atoms with Crippen molar-refractivity contribution in [3.05, 3.63) is 40.4 Å². The second kappa shape index (κ2) is 5.61.